The van der Waals surface area contributed by atoms with Crippen LogP contribution in [0.2, 0.25) is 0 Å². The molecule has 126 valence electrons. The molecule has 0 aliphatic carbocycles. The third-order valence-electron chi connectivity index (χ3n) is 4.21. The fourth-order valence-corrected chi connectivity index (χ4v) is 3.02. The van der Waals surface area contributed by atoms with E-state index in [4.69, 9.17) is 9.72 Å². The number of ether oxygens (including phenoxy) is 1. The van der Waals surface area contributed by atoms with Crippen molar-refractivity contribution in [3.05, 3.63) is 47.8 Å². The van der Waals surface area contributed by atoms with Gasteiger partial charge in [-0.3, -0.25) is 4.79 Å². The van der Waals surface area contributed by atoms with Crippen molar-refractivity contribution in [2.24, 2.45) is 0 Å². The quantitative estimate of drug-likeness (QED) is 0.915. The number of hydrogen-bond donors (Lipinski definition) is 1. The molecule has 1 aliphatic heterocycles. The molecule has 24 heavy (non-hydrogen) atoms. The average Bonchev–Trinajstić information content (AvgIpc) is 3.07. The number of amides is 1. The number of carbonyl (C=O) groups excluding carboxylic acids is 1. The Morgan fingerprint density at radius 3 is 3.04 bits per heavy atom. The molecule has 1 amide bonds. The number of pyridine rings is 2. The van der Waals surface area contributed by atoms with E-state index in [1.54, 1.807) is 13.3 Å². The van der Waals surface area contributed by atoms with E-state index in [1.807, 2.05) is 42.2 Å². The molecule has 0 saturated carbocycles. The molecule has 1 N–H and O–H groups in total. The van der Waals surface area contributed by atoms with Crippen LogP contribution in [-0.2, 0) is 9.53 Å². The zero-order valence-corrected chi connectivity index (χ0v) is 14.0. The smallest absolute Gasteiger partial charge is 0.249 e. The van der Waals surface area contributed by atoms with E-state index in [0.29, 0.717) is 0 Å². The number of hydrogen-bond acceptors (Lipinski definition) is 5. The van der Waals surface area contributed by atoms with Crippen molar-refractivity contribution in [2.75, 3.05) is 25.6 Å². The van der Waals surface area contributed by atoms with E-state index in [1.165, 1.54) is 0 Å². The van der Waals surface area contributed by atoms with Gasteiger partial charge in [0.1, 0.15) is 18.2 Å². The van der Waals surface area contributed by atoms with E-state index >= 15 is 0 Å². The molecule has 6 nitrogen and oxygen atoms in total. The summed E-state index contributed by atoms with van der Waals surface area (Å²) in [5, 5.41) is 3.25. The minimum Gasteiger partial charge on any atom is -0.375 e. The van der Waals surface area contributed by atoms with Gasteiger partial charge in [-0.15, -0.1) is 0 Å². The summed E-state index contributed by atoms with van der Waals surface area (Å²) in [5.74, 6) is 1.54. The molecule has 3 heterocycles. The number of anilines is 2. The lowest BCUT2D eigenvalue weighted by atomic mass is 10.1. The van der Waals surface area contributed by atoms with Crippen LogP contribution in [0.1, 0.15) is 30.1 Å². The largest absolute Gasteiger partial charge is 0.375 e. The normalized spacial score (nSPS) is 17.1. The van der Waals surface area contributed by atoms with Gasteiger partial charge in [-0.2, -0.15) is 0 Å². The Kier molecular flexibility index (Phi) is 5.05. The molecule has 1 saturated heterocycles. The molecule has 2 aromatic heterocycles. The zero-order valence-electron chi connectivity index (χ0n) is 14.0. The molecule has 1 atom stereocenters. The fraction of sp³-hybridized carbons (Fsp3) is 0.389. The Morgan fingerprint density at radius 2 is 2.25 bits per heavy atom. The van der Waals surface area contributed by atoms with Gasteiger partial charge < -0.3 is 15.0 Å². The molecular weight excluding hydrogens is 304 g/mol. The summed E-state index contributed by atoms with van der Waals surface area (Å²) in [5.41, 5.74) is 1.96. The summed E-state index contributed by atoms with van der Waals surface area (Å²) >= 11 is 0. The molecule has 2 aromatic rings. The molecule has 0 bridgehead atoms. The predicted molar refractivity (Wildman–Crippen MR) is 92.1 cm³/mol. The van der Waals surface area contributed by atoms with E-state index in [-0.39, 0.29) is 18.6 Å². The van der Waals surface area contributed by atoms with Crippen LogP contribution in [0.5, 0.6) is 0 Å². The maximum Gasteiger partial charge on any atom is 0.249 e. The molecule has 1 unspecified atom stereocenters. The number of aryl methyl sites for hydroxylation is 1. The molecular formula is C18H22N4O2. The highest BCUT2D eigenvalue weighted by Gasteiger charge is 2.30. The van der Waals surface area contributed by atoms with Crippen LogP contribution in [0.3, 0.4) is 0 Å². The molecule has 0 aromatic carbocycles. The number of likely N-dealkylation sites (tertiary alicyclic amines) is 1. The topological polar surface area (TPSA) is 67.3 Å². The van der Waals surface area contributed by atoms with Crippen LogP contribution < -0.4 is 5.32 Å². The second-order valence-electron chi connectivity index (χ2n) is 5.92. The first-order valence-electron chi connectivity index (χ1n) is 8.13. The van der Waals surface area contributed by atoms with Gasteiger partial charge >= 0.3 is 0 Å². The van der Waals surface area contributed by atoms with Crippen molar-refractivity contribution in [1.29, 1.82) is 0 Å². The van der Waals surface area contributed by atoms with Gasteiger partial charge in [-0.1, -0.05) is 12.1 Å². The fourth-order valence-electron chi connectivity index (χ4n) is 3.02. The minimum absolute atomic E-state index is 0.0132. The number of rotatable bonds is 5. The maximum absolute atomic E-state index is 12.2. The molecule has 3 rings (SSSR count). The minimum atomic E-state index is 0.0132. The average molecular weight is 326 g/mol. The Morgan fingerprint density at radius 1 is 1.38 bits per heavy atom. The van der Waals surface area contributed by atoms with Gasteiger partial charge in [0.25, 0.3) is 0 Å². The van der Waals surface area contributed by atoms with Crippen molar-refractivity contribution in [1.82, 2.24) is 14.9 Å². The number of nitrogens with one attached hydrogen (secondary N) is 1. The Hall–Kier alpha value is -2.47. The predicted octanol–water partition coefficient (Wildman–Crippen LogP) is 2.84. The highest BCUT2D eigenvalue weighted by molar-refractivity contribution is 5.78. The lowest BCUT2D eigenvalue weighted by molar-refractivity contribution is -0.136. The summed E-state index contributed by atoms with van der Waals surface area (Å²) in [7, 11) is 1.54. The van der Waals surface area contributed by atoms with Crippen LogP contribution in [0.4, 0.5) is 11.6 Å². The first-order valence-corrected chi connectivity index (χ1v) is 8.13. The summed E-state index contributed by atoms with van der Waals surface area (Å²) < 4.78 is 4.98. The van der Waals surface area contributed by atoms with Gasteiger partial charge in [-0.05, 0) is 43.5 Å². The van der Waals surface area contributed by atoms with E-state index in [0.717, 1.165) is 42.3 Å². The Bertz CT molecular complexity index is 720. The second-order valence-corrected chi connectivity index (χ2v) is 5.92. The monoisotopic (exact) mass is 326 g/mol. The number of carbonyl (C=O) groups is 1. The first kappa shape index (κ1) is 16.4. The summed E-state index contributed by atoms with van der Waals surface area (Å²) in [6, 6.07) is 9.76. The Labute approximate surface area is 141 Å². The molecule has 0 radical (unpaired) electrons. The van der Waals surface area contributed by atoms with Crippen LogP contribution in [0, 0.1) is 6.92 Å². The van der Waals surface area contributed by atoms with Gasteiger partial charge in [0.15, 0.2) is 0 Å². The zero-order chi connectivity index (χ0) is 16.9. The SMILES string of the molecule is COCC(=O)N1CCCC1c1cccc(Nc2ncccc2C)n1. The molecule has 1 fully saturated rings. The van der Waals surface area contributed by atoms with Crippen LogP contribution in [0.25, 0.3) is 0 Å². The summed E-state index contributed by atoms with van der Waals surface area (Å²) in [4.78, 5) is 23.1. The first-order chi connectivity index (χ1) is 11.7. The number of nitrogens with zero attached hydrogens (tertiary/aromatic N) is 3. The highest BCUT2D eigenvalue weighted by atomic mass is 16.5. The maximum atomic E-state index is 12.2. The van der Waals surface area contributed by atoms with Crippen molar-refractivity contribution < 1.29 is 9.53 Å². The third-order valence-corrected chi connectivity index (χ3v) is 4.21. The summed E-state index contributed by atoms with van der Waals surface area (Å²) in [6.45, 7) is 2.87. The Balaban J connectivity index is 1.80. The van der Waals surface area contributed by atoms with E-state index in [9.17, 15) is 4.79 Å². The lowest BCUT2D eigenvalue weighted by Crippen LogP contribution is -2.33. The van der Waals surface area contributed by atoms with Gasteiger partial charge in [0.05, 0.1) is 11.7 Å². The van der Waals surface area contributed by atoms with Gasteiger partial charge in [-0.25, -0.2) is 9.97 Å². The molecule has 1 aliphatic rings. The van der Waals surface area contributed by atoms with Crippen LogP contribution >= 0.6 is 0 Å². The van der Waals surface area contributed by atoms with Crippen molar-refractivity contribution >= 4 is 17.5 Å². The third kappa shape index (κ3) is 3.54. The second kappa shape index (κ2) is 7.40. The van der Waals surface area contributed by atoms with Crippen molar-refractivity contribution in [3.8, 4) is 0 Å². The van der Waals surface area contributed by atoms with E-state index in [2.05, 4.69) is 10.3 Å². The standard InChI is InChI=1S/C18H22N4O2/c1-13-6-4-10-19-18(13)21-16-9-3-7-14(20-16)15-8-5-11-22(15)17(23)12-24-2/h3-4,6-7,9-10,15H,5,8,11-12H2,1-2H3,(H,19,20,21). The van der Waals surface area contributed by atoms with Crippen molar-refractivity contribution in [3.63, 3.8) is 0 Å². The highest BCUT2D eigenvalue weighted by Crippen LogP contribution is 2.31. The van der Waals surface area contributed by atoms with Crippen LogP contribution in [0.15, 0.2) is 36.5 Å². The lowest BCUT2D eigenvalue weighted by Gasteiger charge is -2.24. The molecule has 0 spiro atoms. The van der Waals surface area contributed by atoms with Crippen LogP contribution in [-0.4, -0.2) is 41.0 Å². The van der Waals surface area contributed by atoms with Gasteiger partial charge in [0.2, 0.25) is 5.91 Å². The van der Waals surface area contributed by atoms with Crippen molar-refractivity contribution in [2.45, 2.75) is 25.8 Å². The number of methoxy groups -OCH3 is 1. The van der Waals surface area contributed by atoms with E-state index < -0.39 is 0 Å². The number of aromatic nitrogens is 2. The van der Waals surface area contributed by atoms with Gasteiger partial charge in [0, 0.05) is 19.9 Å². The summed E-state index contributed by atoms with van der Waals surface area (Å²) in [6.07, 6.45) is 3.66. The molecule has 6 heteroatoms.